The number of nitrogens with zero attached hydrogens (tertiary/aromatic N) is 3. The number of pyridine rings is 1. The van der Waals surface area contributed by atoms with Crippen molar-refractivity contribution in [2.75, 3.05) is 31.1 Å². The van der Waals surface area contributed by atoms with E-state index in [-0.39, 0.29) is 0 Å². The third-order valence-corrected chi connectivity index (χ3v) is 4.59. The molecule has 146 valence electrons. The Balaban J connectivity index is 1.84. The second-order valence-electron chi connectivity index (χ2n) is 6.47. The Bertz CT molecular complexity index is 976. The molecule has 0 amide bonds. The van der Waals surface area contributed by atoms with Crippen LogP contribution in [0.5, 0.6) is 0 Å². The summed E-state index contributed by atoms with van der Waals surface area (Å²) >= 11 is 0. The molecule has 0 spiro atoms. The van der Waals surface area contributed by atoms with Gasteiger partial charge in [-0.25, -0.2) is 9.97 Å². The molecule has 0 unspecified atom stereocenters. The first-order chi connectivity index (χ1) is 13.4. The quantitative estimate of drug-likeness (QED) is 0.528. The highest BCUT2D eigenvalue weighted by molar-refractivity contribution is 5.80. The number of benzene rings is 1. The lowest BCUT2D eigenvalue weighted by Crippen LogP contribution is -2.44. The Hall–Kier alpha value is -2.94. The van der Waals surface area contributed by atoms with Crippen LogP contribution in [0.25, 0.3) is 22.5 Å². The van der Waals surface area contributed by atoms with Gasteiger partial charge >= 0.3 is 6.18 Å². The average molecular weight is 391 g/mol. The van der Waals surface area contributed by atoms with Crippen molar-refractivity contribution >= 4 is 5.95 Å². The van der Waals surface area contributed by atoms with Gasteiger partial charge < -0.3 is 15.2 Å². The SMILES string of the molecule is Fc1cc(-c2[nH]c(N3CCNCC3)nc2-c2cccc(C(F)(F)F)c2)ccn1. The van der Waals surface area contributed by atoms with Crippen molar-refractivity contribution in [3.8, 4) is 22.5 Å². The maximum absolute atomic E-state index is 13.7. The Kier molecular flexibility index (Phi) is 4.76. The van der Waals surface area contributed by atoms with Gasteiger partial charge in [-0.15, -0.1) is 0 Å². The van der Waals surface area contributed by atoms with Crippen LogP contribution in [0.2, 0.25) is 0 Å². The van der Waals surface area contributed by atoms with E-state index in [0.29, 0.717) is 41.6 Å². The van der Waals surface area contributed by atoms with Gasteiger partial charge in [-0.1, -0.05) is 12.1 Å². The molecule has 0 aliphatic carbocycles. The zero-order chi connectivity index (χ0) is 19.7. The zero-order valence-corrected chi connectivity index (χ0v) is 14.7. The number of aromatic amines is 1. The van der Waals surface area contributed by atoms with Crippen LogP contribution in [-0.4, -0.2) is 41.1 Å². The van der Waals surface area contributed by atoms with Crippen LogP contribution in [0.1, 0.15) is 5.56 Å². The molecule has 28 heavy (non-hydrogen) atoms. The number of rotatable bonds is 3. The monoisotopic (exact) mass is 391 g/mol. The average Bonchev–Trinajstić information content (AvgIpc) is 3.14. The first-order valence-corrected chi connectivity index (χ1v) is 8.77. The van der Waals surface area contributed by atoms with E-state index in [1.165, 1.54) is 18.3 Å². The second-order valence-corrected chi connectivity index (χ2v) is 6.47. The fourth-order valence-electron chi connectivity index (χ4n) is 3.21. The Morgan fingerprint density at radius 1 is 1.00 bits per heavy atom. The highest BCUT2D eigenvalue weighted by atomic mass is 19.4. The van der Waals surface area contributed by atoms with Crippen LogP contribution >= 0.6 is 0 Å². The smallest absolute Gasteiger partial charge is 0.340 e. The normalized spacial score (nSPS) is 15.1. The number of nitrogens with one attached hydrogen (secondary N) is 2. The van der Waals surface area contributed by atoms with Crippen LogP contribution in [0.3, 0.4) is 0 Å². The molecule has 1 saturated heterocycles. The van der Waals surface area contributed by atoms with Crippen molar-refractivity contribution in [3.63, 3.8) is 0 Å². The third kappa shape index (κ3) is 3.70. The van der Waals surface area contributed by atoms with E-state index in [1.807, 2.05) is 4.90 Å². The molecule has 1 fully saturated rings. The number of alkyl halides is 3. The van der Waals surface area contributed by atoms with Crippen LogP contribution in [0.4, 0.5) is 23.5 Å². The topological polar surface area (TPSA) is 56.8 Å². The van der Waals surface area contributed by atoms with Gasteiger partial charge in [0.15, 0.2) is 0 Å². The molecule has 9 heteroatoms. The summed E-state index contributed by atoms with van der Waals surface area (Å²) in [6, 6.07) is 7.79. The molecule has 1 aliphatic rings. The molecule has 0 bridgehead atoms. The minimum Gasteiger partial charge on any atom is -0.340 e. The van der Waals surface area contributed by atoms with E-state index < -0.39 is 17.7 Å². The maximum Gasteiger partial charge on any atom is 0.416 e. The lowest BCUT2D eigenvalue weighted by molar-refractivity contribution is -0.137. The number of hydrogen-bond acceptors (Lipinski definition) is 4. The largest absolute Gasteiger partial charge is 0.416 e. The van der Waals surface area contributed by atoms with E-state index >= 15 is 0 Å². The molecule has 4 rings (SSSR count). The van der Waals surface area contributed by atoms with Crippen molar-refractivity contribution in [3.05, 3.63) is 54.1 Å². The van der Waals surface area contributed by atoms with Gasteiger partial charge in [-0.3, -0.25) is 0 Å². The molecule has 1 aliphatic heterocycles. The highest BCUT2D eigenvalue weighted by Gasteiger charge is 2.31. The fraction of sp³-hybridized carbons (Fsp3) is 0.263. The number of piperazine rings is 1. The van der Waals surface area contributed by atoms with E-state index in [9.17, 15) is 17.6 Å². The zero-order valence-electron chi connectivity index (χ0n) is 14.7. The van der Waals surface area contributed by atoms with Gasteiger partial charge in [-0.2, -0.15) is 17.6 Å². The van der Waals surface area contributed by atoms with Gasteiger partial charge in [0, 0.05) is 49.6 Å². The van der Waals surface area contributed by atoms with Crippen molar-refractivity contribution in [1.29, 1.82) is 0 Å². The first-order valence-electron chi connectivity index (χ1n) is 8.77. The fourth-order valence-corrected chi connectivity index (χ4v) is 3.21. The second kappa shape index (κ2) is 7.23. The molecule has 1 aromatic carbocycles. The molecule has 2 N–H and O–H groups in total. The van der Waals surface area contributed by atoms with E-state index in [1.54, 1.807) is 12.1 Å². The predicted octanol–water partition coefficient (Wildman–Crippen LogP) is 3.71. The van der Waals surface area contributed by atoms with Gasteiger partial charge in [0.05, 0.1) is 17.0 Å². The number of anilines is 1. The summed E-state index contributed by atoms with van der Waals surface area (Å²) in [6.45, 7) is 2.97. The molecular weight excluding hydrogens is 374 g/mol. The first kappa shape index (κ1) is 18.4. The van der Waals surface area contributed by atoms with Crippen LogP contribution in [0.15, 0.2) is 42.6 Å². The van der Waals surface area contributed by atoms with Gasteiger partial charge in [0.1, 0.15) is 0 Å². The predicted molar refractivity (Wildman–Crippen MR) is 97.3 cm³/mol. The van der Waals surface area contributed by atoms with Gasteiger partial charge in [-0.05, 0) is 18.2 Å². The lowest BCUT2D eigenvalue weighted by atomic mass is 10.0. The number of imidazole rings is 1. The highest BCUT2D eigenvalue weighted by Crippen LogP contribution is 2.36. The summed E-state index contributed by atoms with van der Waals surface area (Å²) < 4.78 is 53.1. The minimum atomic E-state index is -4.46. The summed E-state index contributed by atoms with van der Waals surface area (Å²) in [5.41, 5.74) is 0.802. The molecule has 3 heterocycles. The van der Waals surface area contributed by atoms with Crippen LogP contribution in [-0.2, 0) is 6.18 Å². The number of H-pyrrole nitrogens is 1. The van der Waals surface area contributed by atoms with Gasteiger partial charge in [0.25, 0.3) is 0 Å². The molecule has 5 nitrogen and oxygen atoms in total. The Labute approximate surface area is 158 Å². The molecule has 0 saturated carbocycles. The summed E-state index contributed by atoms with van der Waals surface area (Å²) in [4.78, 5) is 13.3. The summed E-state index contributed by atoms with van der Waals surface area (Å²) in [5, 5.41) is 3.23. The molecular formula is C19H17F4N5. The summed E-state index contributed by atoms with van der Waals surface area (Å²) in [5.74, 6) is -0.132. The lowest BCUT2D eigenvalue weighted by Gasteiger charge is -2.26. The summed E-state index contributed by atoms with van der Waals surface area (Å²) in [6.07, 6.45) is -3.15. The molecule has 0 atom stereocenters. The minimum absolute atomic E-state index is 0.305. The Morgan fingerprint density at radius 2 is 1.79 bits per heavy atom. The molecule has 2 aromatic heterocycles. The maximum atomic E-state index is 13.7. The van der Waals surface area contributed by atoms with E-state index in [2.05, 4.69) is 20.3 Å². The van der Waals surface area contributed by atoms with Gasteiger partial charge in [0.2, 0.25) is 11.9 Å². The van der Waals surface area contributed by atoms with E-state index in [4.69, 9.17) is 0 Å². The standard InChI is InChI=1S/C19H17F4N5/c20-15-11-13(4-5-25-15)17-16(12-2-1-3-14(10-12)19(21,22)23)26-18(27-17)28-8-6-24-7-9-28/h1-5,10-11,24H,6-9H2,(H,26,27). The van der Waals surface area contributed by atoms with Crippen molar-refractivity contribution in [2.45, 2.75) is 6.18 Å². The molecule has 0 radical (unpaired) electrons. The van der Waals surface area contributed by atoms with Crippen LogP contribution < -0.4 is 10.2 Å². The third-order valence-electron chi connectivity index (χ3n) is 4.59. The number of aromatic nitrogens is 3. The molecule has 3 aromatic rings. The van der Waals surface area contributed by atoms with Crippen molar-refractivity contribution < 1.29 is 17.6 Å². The van der Waals surface area contributed by atoms with E-state index in [0.717, 1.165) is 25.2 Å². The summed E-state index contributed by atoms with van der Waals surface area (Å²) in [7, 11) is 0. The van der Waals surface area contributed by atoms with Crippen molar-refractivity contribution in [2.24, 2.45) is 0 Å². The van der Waals surface area contributed by atoms with Crippen LogP contribution in [0, 0.1) is 5.95 Å². The van der Waals surface area contributed by atoms with Crippen molar-refractivity contribution in [1.82, 2.24) is 20.3 Å². The number of halogens is 4. The Morgan fingerprint density at radius 3 is 2.50 bits per heavy atom. The number of hydrogen-bond donors (Lipinski definition) is 2.